The summed E-state index contributed by atoms with van der Waals surface area (Å²) in [4.78, 5) is 31.9. The number of piperidine rings is 1. The van der Waals surface area contributed by atoms with Crippen molar-refractivity contribution in [2.45, 2.75) is 37.8 Å². The number of halogens is 1. The van der Waals surface area contributed by atoms with Crippen LogP contribution in [-0.4, -0.2) is 52.3 Å². The summed E-state index contributed by atoms with van der Waals surface area (Å²) >= 11 is 1.26. The Kier molecular flexibility index (Phi) is 8.04. The van der Waals surface area contributed by atoms with E-state index in [4.69, 9.17) is 0 Å². The van der Waals surface area contributed by atoms with E-state index >= 15 is 0 Å². The molecule has 0 saturated carbocycles. The molecule has 0 aliphatic carbocycles. The first-order valence-electron chi connectivity index (χ1n) is 10.4. The van der Waals surface area contributed by atoms with Crippen LogP contribution in [0.2, 0.25) is 0 Å². The van der Waals surface area contributed by atoms with Gasteiger partial charge in [-0.2, -0.15) is 0 Å². The normalized spacial score (nSPS) is 14.6. The van der Waals surface area contributed by atoms with Gasteiger partial charge in [-0.3, -0.25) is 14.2 Å². The Morgan fingerprint density at radius 1 is 1.20 bits per heavy atom. The zero-order chi connectivity index (χ0) is 21.5. The molecule has 30 heavy (non-hydrogen) atoms. The lowest BCUT2D eigenvalue weighted by atomic mass is 10.1. The fraction of sp³-hybridized carbons (Fsp3) is 0.500. The van der Waals surface area contributed by atoms with Gasteiger partial charge in [0, 0.05) is 37.8 Å². The second-order valence-electron chi connectivity index (χ2n) is 7.67. The van der Waals surface area contributed by atoms with Crippen molar-refractivity contribution in [1.29, 1.82) is 0 Å². The summed E-state index contributed by atoms with van der Waals surface area (Å²) in [7, 11) is 1.67. The quantitative estimate of drug-likeness (QED) is 0.513. The zero-order valence-corrected chi connectivity index (χ0v) is 18.4. The van der Waals surface area contributed by atoms with Gasteiger partial charge in [0.2, 0.25) is 5.91 Å². The number of likely N-dealkylation sites (tertiary alicyclic amines) is 1. The van der Waals surface area contributed by atoms with Gasteiger partial charge < -0.3 is 10.2 Å². The van der Waals surface area contributed by atoms with Gasteiger partial charge in [-0.25, -0.2) is 9.37 Å². The van der Waals surface area contributed by atoms with Gasteiger partial charge in [0.05, 0.1) is 5.75 Å². The van der Waals surface area contributed by atoms with Crippen molar-refractivity contribution in [3.8, 4) is 0 Å². The molecule has 0 atom stereocenters. The monoisotopic (exact) mass is 432 g/mol. The summed E-state index contributed by atoms with van der Waals surface area (Å²) in [6.07, 6.45) is 4.17. The number of carbonyl (C=O) groups is 1. The molecule has 0 bridgehead atoms. The molecule has 1 N–H and O–H groups in total. The molecule has 8 heteroatoms. The maximum atomic E-state index is 13.1. The Morgan fingerprint density at radius 3 is 2.60 bits per heavy atom. The second-order valence-corrected chi connectivity index (χ2v) is 8.61. The van der Waals surface area contributed by atoms with E-state index in [-0.39, 0.29) is 23.0 Å². The minimum absolute atomic E-state index is 0.0562. The third kappa shape index (κ3) is 6.15. The number of aromatic nitrogens is 2. The maximum absolute atomic E-state index is 13.1. The van der Waals surface area contributed by atoms with Crippen molar-refractivity contribution in [3.05, 3.63) is 57.3 Å². The number of thioether (sulfide) groups is 1. The molecule has 0 unspecified atom stereocenters. The van der Waals surface area contributed by atoms with Gasteiger partial charge in [0.1, 0.15) is 5.82 Å². The zero-order valence-electron chi connectivity index (χ0n) is 17.6. The van der Waals surface area contributed by atoms with Crippen LogP contribution >= 0.6 is 11.8 Å². The fourth-order valence-corrected chi connectivity index (χ4v) is 4.43. The van der Waals surface area contributed by atoms with E-state index in [2.05, 4.69) is 15.2 Å². The number of hydrogen-bond acceptors (Lipinski definition) is 5. The van der Waals surface area contributed by atoms with E-state index in [0.717, 1.165) is 25.2 Å². The molecular formula is C22H29FN4O2S. The summed E-state index contributed by atoms with van der Waals surface area (Å²) in [5.74, 6) is -0.140. The van der Waals surface area contributed by atoms with Crippen LogP contribution in [0.5, 0.6) is 0 Å². The van der Waals surface area contributed by atoms with Crippen LogP contribution < -0.4 is 10.9 Å². The first-order chi connectivity index (χ1) is 14.4. The number of rotatable bonds is 8. The van der Waals surface area contributed by atoms with Crippen molar-refractivity contribution in [2.24, 2.45) is 7.05 Å². The van der Waals surface area contributed by atoms with Gasteiger partial charge in [-0.05, 0) is 50.6 Å². The summed E-state index contributed by atoms with van der Waals surface area (Å²) in [5.41, 5.74) is 1.93. The van der Waals surface area contributed by atoms with Gasteiger partial charge in [0.25, 0.3) is 5.56 Å². The largest absolute Gasteiger partial charge is 0.354 e. The molecule has 1 aromatic heterocycles. The van der Waals surface area contributed by atoms with Crippen LogP contribution in [0.25, 0.3) is 0 Å². The number of hydrogen-bond donors (Lipinski definition) is 1. The summed E-state index contributed by atoms with van der Waals surface area (Å²) in [6.45, 7) is 5.54. The molecule has 1 amide bonds. The average molecular weight is 433 g/mol. The second kappa shape index (κ2) is 10.7. The Morgan fingerprint density at radius 2 is 1.90 bits per heavy atom. The molecule has 1 aliphatic rings. The fourth-order valence-electron chi connectivity index (χ4n) is 3.59. The number of carbonyl (C=O) groups excluding carboxylic acids is 1. The van der Waals surface area contributed by atoms with Crippen molar-refractivity contribution >= 4 is 17.7 Å². The molecule has 0 radical (unpaired) electrons. The Bertz CT molecular complexity index is 924. The van der Waals surface area contributed by atoms with Crippen molar-refractivity contribution < 1.29 is 9.18 Å². The van der Waals surface area contributed by atoms with E-state index < -0.39 is 0 Å². The van der Waals surface area contributed by atoms with Crippen LogP contribution in [0.15, 0.2) is 34.2 Å². The minimum atomic E-state index is -0.303. The van der Waals surface area contributed by atoms with Crippen LogP contribution in [0.3, 0.4) is 0 Å². The topological polar surface area (TPSA) is 67.2 Å². The molecule has 1 saturated heterocycles. The number of aryl methyl sites for hydroxylation is 1. The third-order valence-corrected chi connectivity index (χ3v) is 6.41. The Balaban J connectivity index is 1.55. The van der Waals surface area contributed by atoms with Crippen LogP contribution in [0.4, 0.5) is 4.39 Å². The first kappa shape index (κ1) is 22.5. The molecule has 2 aromatic rings. The Labute approximate surface area is 180 Å². The molecule has 6 nitrogen and oxygen atoms in total. The van der Waals surface area contributed by atoms with Gasteiger partial charge in [0.15, 0.2) is 5.16 Å². The van der Waals surface area contributed by atoms with Gasteiger partial charge in [-0.15, -0.1) is 0 Å². The van der Waals surface area contributed by atoms with Crippen LogP contribution in [-0.2, 0) is 18.3 Å². The molecule has 0 spiro atoms. The predicted molar refractivity (Wildman–Crippen MR) is 117 cm³/mol. The van der Waals surface area contributed by atoms with Crippen molar-refractivity contribution in [2.75, 3.05) is 31.9 Å². The smallest absolute Gasteiger partial charge is 0.257 e. The number of nitrogens with one attached hydrogen (secondary N) is 1. The molecule has 1 fully saturated rings. The number of benzene rings is 1. The molecule has 1 aliphatic heterocycles. The highest BCUT2D eigenvalue weighted by atomic mass is 32.2. The highest BCUT2D eigenvalue weighted by molar-refractivity contribution is 7.99. The molecular weight excluding hydrogens is 403 g/mol. The average Bonchev–Trinajstić information content (AvgIpc) is 2.75. The standard InChI is InChI=1S/C22H29FN4O2S/c1-16-19(14-17-6-8-18(23)9-7-17)21(29)26(2)22(25-16)30-15-20(28)24-10-13-27-11-4-3-5-12-27/h6-9H,3-5,10-15H2,1-2H3,(H,24,28). The lowest BCUT2D eigenvalue weighted by molar-refractivity contribution is -0.118. The summed E-state index contributed by atoms with van der Waals surface area (Å²) in [5, 5.41) is 3.47. The number of amides is 1. The van der Waals surface area contributed by atoms with Crippen LogP contribution in [0, 0.1) is 12.7 Å². The van der Waals surface area contributed by atoms with Gasteiger partial charge >= 0.3 is 0 Å². The van der Waals surface area contributed by atoms with Crippen LogP contribution in [0.1, 0.15) is 36.1 Å². The van der Waals surface area contributed by atoms with E-state index in [0.29, 0.717) is 29.4 Å². The van der Waals surface area contributed by atoms with E-state index in [1.54, 1.807) is 26.1 Å². The first-order valence-corrected chi connectivity index (χ1v) is 11.4. The number of nitrogens with zero attached hydrogens (tertiary/aromatic N) is 3. The van der Waals surface area contributed by atoms with Crippen molar-refractivity contribution in [1.82, 2.24) is 19.8 Å². The minimum Gasteiger partial charge on any atom is -0.354 e. The Hall–Kier alpha value is -2.19. The lowest BCUT2D eigenvalue weighted by Crippen LogP contribution is -2.38. The third-order valence-electron chi connectivity index (χ3n) is 5.38. The van der Waals surface area contributed by atoms with E-state index in [1.807, 2.05) is 0 Å². The van der Waals surface area contributed by atoms with Gasteiger partial charge in [-0.1, -0.05) is 30.3 Å². The van der Waals surface area contributed by atoms with E-state index in [9.17, 15) is 14.0 Å². The molecule has 162 valence electrons. The predicted octanol–water partition coefficient (Wildman–Crippen LogP) is 2.51. The highest BCUT2D eigenvalue weighted by Crippen LogP contribution is 2.16. The summed E-state index contributed by atoms with van der Waals surface area (Å²) in [6, 6.07) is 6.11. The molecule has 2 heterocycles. The lowest BCUT2D eigenvalue weighted by Gasteiger charge is -2.26. The maximum Gasteiger partial charge on any atom is 0.257 e. The van der Waals surface area contributed by atoms with E-state index in [1.165, 1.54) is 47.7 Å². The summed E-state index contributed by atoms with van der Waals surface area (Å²) < 4.78 is 14.6. The molecule has 3 rings (SSSR count). The highest BCUT2D eigenvalue weighted by Gasteiger charge is 2.15. The van der Waals surface area contributed by atoms with Crippen molar-refractivity contribution in [3.63, 3.8) is 0 Å². The SMILES string of the molecule is Cc1nc(SCC(=O)NCCN2CCCCC2)n(C)c(=O)c1Cc1ccc(F)cc1. The molecule has 1 aromatic carbocycles.